The molecule has 166 valence electrons. The highest BCUT2D eigenvalue weighted by molar-refractivity contribution is 5.84. The third-order valence-corrected chi connectivity index (χ3v) is 5.82. The Bertz CT molecular complexity index is 1030. The van der Waals surface area contributed by atoms with E-state index in [1.165, 1.54) is 0 Å². The second kappa shape index (κ2) is 10.1. The molecule has 4 rings (SSSR count). The van der Waals surface area contributed by atoms with Crippen LogP contribution in [0.3, 0.4) is 0 Å². The number of likely N-dealkylation sites (tertiary alicyclic amines) is 1. The van der Waals surface area contributed by atoms with Gasteiger partial charge in [0.1, 0.15) is 29.5 Å². The van der Waals surface area contributed by atoms with Crippen molar-refractivity contribution in [2.45, 2.75) is 19.8 Å². The first-order valence-electron chi connectivity index (χ1n) is 11.0. The summed E-state index contributed by atoms with van der Waals surface area (Å²) in [6.45, 7) is 4.10. The number of carbonyl (C=O) groups is 1. The quantitative estimate of drug-likeness (QED) is 0.567. The predicted molar refractivity (Wildman–Crippen MR) is 127 cm³/mol. The zero-order chi connectivity index (χ0) is 22.3. The zero-order valence-electron chi connectivity index (χ0n) is 18.5. The highest BCUT2D eigenvalue weighted by Crippen LogP contribution is 2.34. The fraction of sp³-hybridized carbons (Fsp3) is 0.320. The van der Waals surface area contributed by atoms with Gasteiger partial charge in [-0.1, -0.05) is 30.3 Å². The van der Waals surface area contributed by atoms with Crippen LogP contribution in [0.2, 0.25) is 0 Å². The minimum Gasteiger partial charge on any atom is -0.457 e. The van der Waals surface area contributed by atoms with E-state index in [2.05, 4.69) is 20.6 Å². The molecule has 1 aromatic heterocycles. The van der Waals surface area contributed by atoms with Gasteiger partial charge in [-0.15, -0.1) is 0 Å². The first-order valence-corrected chi connectivity index (χ1v) is 11.0. The molecule has 1 aliphatic rings. The molecule has 0 spiro atoms. The third kappa shape index (κ3) is 5.17. The minimum atomic E-state index is 0.160. The summed E-state index contributed by atoms with van der Waals surface area (Å²) in [5, 5.41) is 6.71. The second-order valence-corrected chi connectivity index (χ2v) is 7.97. The van der Waals surface area contributed by atoms with Crippen LogP contribution >= 0.6 is 0 Å². The van der Waals surface area contributed by atoms with Crippen molar-refractivity contribution in [3.8, 4) is 22.6 Å². The molecule has 7 heteroatoms. The molecule has 0 unspecified atom stereocenters. The molecule has 0 bridgehead atoms. The molecule has 0 saturated carbocycles. The molecule has 1 saturated heterocycles. The van der Waals surface area contributed by atoms with Crippen molar-refractivity contribution < 1.29 is 9.53 Å². The summed E-state index contributed by atoms with van der Waals surface area (Å²) >= 11 is 0. The number of hydrogen-bond acceptors (Lipinski definition) is 6. The summed E-state index contributed by atoms with van der Waals surface area (Å²) in [6.07, 6.45) is 3.57. The monoisotopic (exact) mass is 431 g/mol. The largest absolute Gasteiger partial charge is 0.457 e. The number of hydrogen-bond donors (Lipinski definition) is 2. The lowest BCUT2D eigenvalue weighted by molar-refractivity contribution is -0.130. The number of carbonyl (C=O) groups excluding carboxylic acids is 1. The van der Waals surface area contributed by atoms with Crippen molar-refractivity contribution in [3.05, 3.63) is 60.9 Å². The van der Waals surface area contributed by atoms with E-state index in [1.54, 1.807) is 13.3 Å². The van der Waals surface area contributed by atoms with Gasteiger partial charge in [0, 0.05) is 33.6 Å². The molecule has 0 aliphatic carbocycles. The molecule has 0 radical (unpaired) electrons. The van der Waals surface area contributed by atoms with E-state index in [-0.39, 0.29) is 5.91 Å². The number of ether oxygens (including phenoxy) is 1. The van der Waals surface area contributed by atoms with Gasteiger partial charge < -0.3 is 20.3 Å². The maximum atomic E-state index is 11.6. The topological polar surface area (TPSA) is 79.4 Å². The number of amides is 1. The van der Waals surface area contributed by atoms with Crippen molar-refractivity contribution in [3.63, 3.8) is 0 Å². The van der Waals surface area contributed by atoms with Crippen LogP contribution in [-0.2, 0) is 4.79 Å². The molecule has 2 aromatic carbocycles. The van der Waals surface area contributed by atoms with E-state index in [1.807, 2.05) is 66.5 Å². The summed E-state index contributed by atoms with van der Waals surface area (Å²) in [6, 6.07) is 17.7. The molecule has 2 heterocycles. The smallest absolute Gasteiger partial charge is 0.219 e. The maximum absolute atomic E-state index is 11.6. The van der Waals surface area contributed by atoms with E-state index in [9.17, 15) is 4.79 Å². The summed E-state index contributed by atoms with van der Waals surface area (Å²) in [5.41, 5.74) is 1.94. The van der Waals surface area contributed by atoms with Crippen molar-refractivity contribution in [1.82, 2.24) is 14.9 Å². The average molecular weight is 432 g/mol. The molecule has 7 nitrogen and oxygen atoms in total. The minimum absolute atomic E-state index is 0.160. The SMILES string of the molecule is CNc1ncnc(NCC2CCN(C(C)=O)CC2)c1-c1ccc(Oc2ccccc2)cc1. The fourth-order valence-electron chi connectivity index (χ4n) is 3.99. The number of nitrogens with zero attached hydrogens (tertiary/aromatic N) is 3. The summed E-state index contributed by atoms with van der Waals surface area (Å²) in [7, 11) is 1.86. The second-order valence-electron chi connectivity index (χ2n) is 7.97. The van der Waals surface area contributed by atoms with Gasteiger partial charge >= 0.3 is 0 Å². The van der Waals surface area contributed by atoms with E-state index in [0.29, 0.717) is 5.92 Å². The van der Waals surface area contributed by atoms with Gasteiger partial charge in [-0.25, -0.2) is 9.97 Å². The highest BCUT2D eigenvalue weighted by Gasteiger charge is 2.21. The van der Waals surface area contributed by atoms with Crippen LogP contribution in [0, 0.1) is 5.92 Å². The number of anilines is 2. The van der Waals surface area contributed by atoms with Gasteiger partial charge in [0.05, 0.1) is 5.56 Å². The van der Waals surface area contributed by atoms with Gasteiger partial charge in [0.15, 0.2) is 0 Å². The zero-order valence-corrected chi connectivity index (χ0v) is 18.5. The van der Waals surface area contributed by atoms with E-state index in [0.717, 1.165) is 66.7 Å². The standard InChI is InChI=1S/C25H29N5O2/c1-18(31)30-14-12-19(13-15-30)16-27-25-23(24(26-2)28-17-29-25)20-8-10-22(11-9-20)32-21-6-4-3-5-7-21/h3-11,17,19H,12-16H2,1-2H3,(H2,26,27,28,29). The fourth-order valence-corrected chi connectivity index (χ4v) is 3.99. The van der Waals surface area contributed by atoms with Crippen LogP contribution < -0.4 is 15.4 Å². The van der Waals surface area contributed by atoms with Gasteiger partial charge in [-0.2, -0.15) is 0 Å². The van der Waals surface area contributed by atoms with Crippen LogP contribution in [0.1, 0.15) is 19.8 Å². The molecular formula is C25H29N5O2. The Morgan fingerprint density at radius 2 is 1.66 bits per heavy atom. The number of aromatic nitrogens is 2. The first-order chi connectivity index (χ1) is 15.6. The lowest BCUT2D eigenvalue weighted by Gasteiger charge is -2.31. The Morgan fingerprint density at radius 3 is 2.31 bits per heavy atom. The summed E-state index contributed by atoms with van der Waals surface area (Å²) in [5.74, 6) is 3.81. The Labute approximate surface area is 188 Å². The van der Waals surface area contributed by atoms with E-state index >= 15 is 0 Å². The van der Waals surface area contributed by atoms with Gasteiger partial charge in [0.2, 0.25) is 5.91 Å². The average Bonchev–Trinajstić information content (AvgIpc) is 2.84. The van der Waals surface area contributed by atoms with Crippen molar-refractivity contribution >= 4 is 17.5 Å². The molecule has 0 atom stereocenters. The highest BCUT2D eigenvalue weighted by atomic mass is 16.5. The lowest BCUT2D eigenvalue weighted by Crippen LogP contribution is -2.38. The Hall–Kier alpha value is -3.61. The van der Waals surface area contributed by atoms with Crippen LogP contribution in [0.5, 0.6) is 11.5 Å². The van der Waals surface area contributed by atoms with Gasteiger partial charge in [-0.05, 0) is 48.6 Å². The number of rotatable bonds is 7. The molecule has 1 aliphatic heterocycles. The van der Waals surface area contributed by atoms with E-state index in [4.69, 9.17) is 4.74 Å². The lowest BCUT2D eigenvalue weighted by atomic mass is 9.96. The number of benzene rings is 2. The van der Waals surface area contributed by atoms with Crippen molar-refractivity contribution in [1.29, 1.82) is 0 Å². The van der Waals surface area contributed by atoms with Crippen LogP contribution in [-0.4, -0.2) is 47.5 Å². The van der Waals surface area contributed by atoms with Crippen molar-refractivity contribution in [2.24, 2.45) is 5.92 Å². The molecule has 2 N–H and O–H groups in total. The van der Waals surface area contributed by atoms with Crippen LogP contribution in [0.25, 0.3) is 11.1 Å². The molecule has 1 fully saturated rings. The first kappa shape index (κ1) is 21.6. The molecule has 32 heavy (non-hydrogen) atoms. The van der Waals surface area contributed by atoms with Gasteiger partial charge in [-0.3, -0.25) is 4.79 Å². The Morgan fingerprint density at radius 1 is 1.00 bits per heavy atom. The molecular weight excluding hydrogens is 402 g/mol. The third-order valence-electron chi connectivity index (χ3n) is 5.82. The summed E-state index contributed by atoms with van der Waals surface area (Å²) in [4.78, 5) is 22.4. The van der Waals surface area contributed by atoms with Crippen LogP contribution in [0.15, 0.2) is 60.9 Å². The summed E-state index contributed by atoms with van der Waals surface area (Å²) < 4.78 is 5.92. The van der Waals surface area contributed by atoms with E-state index < -0.39 is 0 Å². The number of nitrogens with one attached hydrogen (secondary N) is 2. The predicted octanol–water partition coefficient (Wildman–Crippen LogP) is 4.65. The van der Waals surface area contributed by atoms with Gasteiger partial charge in [0.25, 0.3) is 0 Å². The maximum Gasteiger partial charge on any atom is 0.219 e. The normalized spacial score (nSPS) is 14.1. The molecule has 1 amide bonds. The van der Waals surface area contributed by atoms with Crippen molar-refractivity contribution in [2.75, 3.05) is 37.3 Å². The van der Waals surface area contributed by atoms with Crippen LogP contribution in [0.4, 0.5) is 11.6 Å². The number of piperidine rings is 1. The molecule has 3 aromatic rings. The Balaban J connectivity index is 1.48. The Kier molecular flexibility index (Phi) is 6.84. The number of para-hydroxylation sites is 1.